The van der Waals surface area contributed by atoms with Gasteiger partial charge in [0, 0.05) is 23.9 Å². The number of anilines is 1. The molecule has 1 aliphatic heterocycles. The number of benzene rings is 1. The van der Waals surface area contributed by atoms with Crippen molar-refractivity contribution in [2.24, 2.45) is 0 Å². The molecule has 0 aromatic heterocycles. The highest BCUT2D eigenvalue weighted by Gasteiger charge is 2.23. The lowest BCUT2D eigenvalue weighted by atomic mass is 10.2. The summed E-state index contributed by atoms with van der Waals surface area (Å²) in [5.74, 6) is 0.109. The minimum Gasteiger partial charge on any atom is -0.360 e. The highest BCUT2D eigenvalue weighted by Crippen LogP contribution is 2.19. The van der Waals surface area contributed by atoms with Gasteiger partial charge >= 0.3 is 0 Å². The van der Waals surface area contributed by atoms with Gasteiger partial charge in [0.05, 0.1) is 31.1 Å². The van der Waals surface area contributed by atoms with Crippen LogP contribution in [0.1, 0.15) is 20.3 Å². The summed E-state index contributed by atoms with van der Waals surface area (Å²) >= 11 is 0. The number of nitrogens with one attached hydrogen (secondary N) is 2. The Labute approximate surface area is 136 Å². The predicted octanol–water partition coefficient (Wildman–Crippen LogP) is 0.214. The van der Waals surface area contributed by atoms with E-state index in [1.807, 2.05) is 6.92 Å². The topological polar surface area (TPSA) is 79.9 Å². The summed E-state index contributed by atoms with van der Waals surface area (Å²) in [6.07, 6.45) is 0.939. The first-order valence-electron chi connectivity index (χ1n) is 8.12. The van der Waals surface area contributed by atoms with Gasteiger partial charge in [0.1, 0.15) is 0 Å². The molecule has 7 nitrogen and oxygen atoms in total. The number of nitro groups is 1. The molecule has 126 valence electrons. The zero-order valence-electron chi connectivity index (χ0n) is 13.7. The number of rotatable bonds is 6. The largest absolute Gasteiger partial charge is 0.360 e. The van der Waals surface area contributed by atoms with E-state index in [9.17, 15) is 14.9 Å². The van der Waals surface area contributed by atoms with Crippen LogP contribution in [0.3, 0.4) is 0 Å². The molecule has 0 unspecified atom stereocenters. The van der Waals surface area contributed by atoms with Gasteiger partial charge in [-0.2, -0.15) is 0 Å². The van der Waals surface area contributed by atoms with Crippen molar-refractivity contribution in [1.29, 1.82) is 0 Å². The molecular formula is C16H25N4O3+. The molecule has 1 fully saturated rings. The smallest absolute Gasteiger partial charge is 0.275 e. The lowest BCUT2D eigenvalue weighted by molar-refractivity contribution is -0.892. The van der Waals surface area contributed by atoms with Crippen LogP contribution in [0.5, 0.6) is 0 Å². The molecule has 2 rings (SSSR count). The summed E-state index contributed by atoms with van der Waals surface area (Å²) in [7, 11) is 0. The minimum atomic E-state index is -0.387. The van der Waals surface area contributed by atoms with Gasteiger partial charge in [0.2, 0.25) is 0 Å². The van der Waals surface area contributed by atoms with E-state index in [2.05, 4.69) is 17.1 Å². The maximum absolute atomic E-state index is 11.9. The van der Waals surface area contributed by atoms with E-state index in [4.69, 9.17) is 0 Å². The monoisotopic (exact) mass is 321 g/mol. The third-order valence-corrected chi connectivity index (χ3v) is 4.33. The van der Waals surface area contributed by atoms with Crippen molar-refractivity contribution >= 4 is 17.3 Å². The number of amides is 1. The van der Waals surface area contributed by atoms with Crippen molar-refractivity contribution in [1.82, 2.24) is 5.32 Å². The number of hydrogen-bond donors (Lipinski definition) is 2. The first-order chi connectivity index (χ1) is 11.0. The molecule has 1 amide bonds. The number of nitro benzene ring substituents is 1. The van der Waals surface area contributed by atoms with Crippen molar-refractivity contribution in [3.63, 3.8) is 0 Å². The van der Waals surface area contributed by atoms with Crippen LogP contribution >= 0.6 is 0 Å². The lowest BCUT2D eigenvalue weighted by Crippen LogP contribution is -3.16. The van der Waals surface area contributed by atoms with Crippen molar-refractivity contribution in [3.05, 3.63) is 34.4 Å². The number of carbonyl (C=O) groups is 1. The molecular weight excluding hydrogens is 296 g/mol. The van der Waals surface area contributed by atoms with Crippen molar-refractivity contribution in [3.8, 4) is 0 Å². The summed E-state index contributed by atoms with van der Waals surface area (Å²) in [6, 6.07) is 6.88. The Kier molecular flexibility index (Phi) is 5.92. The quantitative estimate of drug-likeness (QED) is 0.580. The Morgan fingerprint density at radius 2 is 1.96 bits per heavy atom. The van der Waals surface area contributed by atoms with Crippen LogP contribution in [0.4, 0.5) is 11.4 Å². The van der Waals surface area contributed by atoms with Gasteiger partial charge in [-0.25, -0.2) is 0 Å². The van der Waals surface area contributed by atoms with Gasteiger partial charge in [-0.05, 0) is 25.5 Å². The van der Waals surface area contributed by atoms with Crippen LogP contribution in [-0.2, 0) is 4.79 Å². The average Bonchev–Trinajstić information content (AvgIpc) is 2.55. The zero-order valence-corrected chi connectivity index (χ0v) is 13.7. The molecule has 0 radical (unpaired) electrons. The summed E-state index contributed by atoms with van der Waals surface area (Å²) in [4.78, 5) is 25.7. The van der Waals surface area contributed by atoms with Gasteiger partial charge in [-0.3, -0.25) is 14.9 Å². The number of non-ortho nitro benzene ring substituents is 1. The average molecular weight is 321 g/mol. The lowest BCUT2D eigenvalue weighted by Gasteiger charge is -2.33. The van der Waals surface area contributed by atoms with Crippen molar-refractivity contribution < 1.29 is 14.6 Å². The summed E-state index contributed by atoms with van der Waals surface area (Å²) in [5, 5.41) is 13.7. The Morgan fingerprint density at radius 3 is 2.48 bits per heavy atom. The van der Waals surface area contributed by atoms with E-state index in [0.717, 1.165) is 38.3 Å². The van der Waals surface area contributed by atoms with E-state index in [1.54, 1.807) is 12.1 Å². The second-order valence-electron chi connectivity index (χ2n) is 6.06. The zero-order chi connectivity index (χ0) is 16.8. The molecule has 0 bridgehead atoms. The first-order valence-corrected chi connectivity index (χ1v) is 8.12. The molecule has 0 spiro atoms. The Morgan fingerprint density at radius 1 is 1.35 bits per heavy atom. The fourth-order valence-corrected chi connectivity index (χ4v) is 2.70. The van der Waals surface area contributed by atoms with Gasteiger partial charge in [-0.1, -0.05) is 6.92 Å². The van der Waals surface area contributed by atoms with Gasteiger partial charge in [0.15, 0.2) is 6.54 Å². The predicted molar refractivity (Wildman–Crippen MR) is 88.8 cm³/mol. The second kappa shape index (κ2) is 7.92. The maximum atomic E-state index is 11.9. The Balaban J connectivity index is 1.81. The molecule has 1 aliphatic rings. The van der Waals surface area contributed by atoms with E-state index >= 15 is 0 Å². The highest BCUT2D eigenvalue weighted by molar-refractivity contribution is 5.77. The van der Waals surface area contributed by atoms with Crippen LogP contribution in [0.25, 0.3) is 0 Å². The SMILES string of the molecule is CC[C@H](C)NC(=O)C[NH+]1CCN(c2ccc([N+](=O)[O-])cc2)CC1. The van der Waals surface area contributed by atoms with Crippen molar-refractivity contribution in [2.75, 3.05) is 37.6 Å². The number of carbonyl (C=O) groups excluding carboxylic acids is 1. The molecule has 0 saturated carbocycles. The van der Waals surface area contributed by atoms with E-state index in [0.29, 0.717) is 6.54 Å². The Bertz CT molecular complexity index is 539. The minimum absolute atomic E-state index is 0.109. The fourth-order valence-electron chi connectivity index (χ4n) is 2.70. The van der Waals surface area contributed by atoms with Crippen LogP contribution < -0.4 is 15.1 Å². The molecule has 0 aliphatic carbocycles. The summed E-state index contributed by atoms with van der Waals surface area (Å²) in [5.41, 5.74) is 1.11. The van der Waals surface area contributed by atoms with E-state index in [1.165, 1.54) is 17.0 Å². The third kappa shape index (κ3) is 4.92. The van der Waals surface area contributed by atoms with Gasteiger partial charge in [-0.15, -0.1) is 0 Å². The standard InChI is InChI=1S/C16H24N4O3/c1-3-13(2)17-16(21)12-18-8-10-19(11-9-18)14-4-6-15(7-5-14)20(22)23/h4-7,13H,3,8-12H2,1-2H3,(H,17,21)/p+1/t13-/m0/s1. The molecule has 2 N–H and O–H groups in total. The molecule has 1 atom stereocenters. The number of piperazine rings is 1. The number of quaternary nitrogens is 1. The molecule has 7 heteroatoms. The summed E-state index contributed by atoms with van der Waals surface area (Å²) < 4.78 is 0. The van der Waals surface area contributed by atoms with Crippen LogP contribution in [0, 0.1) is 10.1 Å². The molecule has 1 aromatic rings. The second-order valence-corrected chi connectivity index (χ2v) is 6.06. The Hall–Kier alpha value is -2.15. The molecule has 1 saturated heterocycles. The number of hydrogen-bond acceptors (Lipinski definition) is 4. The van der Waals surface area contributed by atoms with E-state index in [-0.39, 0.29) is 22.6 Å². The van der Waals surface area contributed by atoms with Gasteiger partial charge < -0.3 is 15.1 Å². The highest BCUT2D eigenvalue weighted by atomic mass is 16.6. The van der Waals surface area contributed by atoms with Gasteiger partial charge in [0.25, 0.3) is 11.6 Å². The maximum Gasteiger partial charge on any atom is 0.275 e. The van der Waals surface area contributed by atoms with Crippen LogP contribution in [-0.4, -0.2) is 49.6 Å². The van der Waals surface area contributed by atoms with Crippen molar-refractivity contribution in [2.45, 2.75) is 26.3 Å². The number of nitrogens with zero attached hydrogens (tertiary/aromatic N) is 2. The normalized spacial score (nSPS) is 16.9. The van der Waals surface area contributed by atoms with Crippen LogP contribution in [0.2, 0.25) is 0 Å². The van der Waals surface area contributed by atoms with E-state index < -0.39 is 0 Å². The third-order valence-electron chi connectivity index (χ3n) is 4.33. The molecule has 1 aromatic carbocycles. The first kappa shape index (κ1) is 17.2. The summed E-state index contributed by atoms with van der Waals surface area (Å²) in [6.45, 7) is 8.07. The van der Waals surface area contributed by atoms with Crippen LogP contribution in [0.15, 0.2) is 24.3 Å². The molecule has 1 heterocycles. The molecule has 23 heavy (non-hydrogen) atoms. The fraction of sp³-hybridized carbons (Fsp3) is 0.562.